The minimum atomic E-state index is 0.844. The Bertz CT molecular complexity index is 633. The van der Waals surface area contributed by atoms with Crippen LogP contribution in [0, 0.1) is 5.92 Å². The van der Waals surface area contributed by atoms with Crippen LogP contribution in [0.25, 0.3) is 16.8 Å². The summed E-state index contributed by atoms with van der Waals surface area (Å²) in [6.45, 7) is 3.80. The number of piperidine rings is 3. The second kappa shape index (κ2) is 4.50. The van der Waals surface area contributed by atoms with Crippen molar-refractivity contribution in [3.05, 3.63) is 53.6 Å². The lowest BCUT2D eigenvalue weighted by molar-refractivity contribution is 0.163. The number of fused-ring (bicyclic) bond motifs is 4. The summed E-state index contributed by atoms with van der Waals surface area (Å²) in [5.41, 5.74) is 3.01. The van der Waals surface area contributed by atoms with Gasteiger partial charge in [0, 0.05) is 6.54 Å². The number of rotatable bonds is 1. The molecule has 0 saturated carbocycles. The first-order valence-corrected chi connectivity index (χ1v) is 7.30. The molecule has 3 aliphatic heterocycles. The van der Waals surface area contributed by atoms with Crippen LogP contribution in [-0.4, -0.2) is 24.5 Å². The molecule has 0 aliphatic carbocycles. The average Bonchev–Trinajstić information content (AvgIpc) is 2.48. The third-order valence-electron chi connectivity index (χ3n) is 4.64. The van der Waals surface area contributed by atoms with Gasteiger partial charge in [-0.15, -0.1) is 0 Å². The largest absolute Gasteiger partial charge is 0.299 e. The van der Waals surface area contributed by atoms with Gasteiger partial charge in [-0.3, -0.25) is 4.90 Å². The van der Waals surface area contributed by atoms with Crippen molar-refractivity contribution in [1.82, 2.24) is 4.90 Å². The second-order valence-corrected chi connectivity index (χ2v) is 5.88. The molecule has 3 saturated heterocycles. The topological polar surface area (TPSA) is 3.24 Å². The summed E-state index contributed by atoms with van der Waals surface area (Å²) in [4.78, 5) is 2.59. The molecule has 3 fully saturated rings. The zero-order valence-electron chi connectivity index (χ0n) is 11.2. The molecule has 2 aromatic carbocycles. The van der Waals surface area contributed by atoms with Crippen molar-refractivity contribution in [2.45, 2.75) is 12.8 Å². The van der Waals surface area contributed by atoms with Crippen LogP contribution in [-0.2, 0) is 0 Å². The van der Waals surface area contributed by atoms with E-state index in [1.165, 1.54) is 48.8 Å². The van der Waals surface area contributed by atoms with Crippen LogP contribution < -0.4 is 0 Å². The van der Waals surface area contributed by atoms with Crippen LogP contribution in [0.2, 0.25) is 0 Å². The highest BCUT2D eigenvalue weighted by Gasteiger charge is 2.29. The summed E-state index contributed by atoms with van der Waals surface area (Å²) in [5, 5.41) is 2.68. The van der Waals surface area contributed by atoms with E-state index < -0.39 is 0 Å². The van der Waals surface area contributed by atoms with Gasteiger partial charge in [-0.1, -0.05) is 48.0 Å². The van der Waals surface area contributed by atoms with Gasteiger partial charge in [0.25, 0.3) is 0 Å². The van der Waals surface area contributed by atoms with Gasteiger partial charge in [-0.25, -0.2) is 0 Å². The molecule has 2 bridgehead atoms. The first-order valence-electron chi connectivity index (χ1n) is 7.30. The standard InChI is InChI=1S/C18H19N/c1-2-4-17-11-14(5-6-15(17)3-1)12-18-13-19-9-7-16(18)8-10-19/h1-6,11-12,16H,7-10,13H2/b18-12+. The normalized spacial score (nSPS) is 28.1. The monoisotopic (exact) mass is 249 g/mol. The molecule has 2 aromatic rings. The Morgan fingerprint density at radius 2 is 1.74 bits per heavy atom. The van der Waals surface area contributed by atoms with E-state index in [4.69, 9.17) is 0 Å². The summed E-state index contributed by atoms with van der Waals surface area (Å²) in [6.07, 6.45) is 5.15. The highest BCUT2D eigenvalue weighted by atomic mass is 15.1. The Labute approximate surface area is 114 Å². The number of hydrogen-bond donors (Lipinski definition) is 0. The lowest BCUT2D eigenvalue weighted by atomic mass is 9.83. The lowest BCUT2D eigenvalue weighted by Crippen LogP contribution is -2.42. The van der Waals surface area contributed by atoms with Crippen LogP contribution in [0.5, 0.6) is 0 Å². The van der Waals surface area contributed by atoms with Gasteiger partial charge in [0.2, 0.25) is 0 Å². The molecule has 0 radical (unpaired) electrons. The fourth-order valence-electron chi connectivity index (χ4n) is 3.52. The molecule has 0 aromatic heterocycles. The van der Waals surface area contributed by atoms with Crippen LogP contribution in [0.15, 0.2) is 48.0 Å². The molecule has 0 unspecified atom stereocenters. The molecule has 1 nitrogen and oxygen atoms in total. The first-order chi connectivity index (χ1) is 9.38. The van der Waals surface area contributed by atoms with Crippen LogP contribution in [0.1, 0.15) is 18.4 Å². The highest BCUT2D eigenvalue weighted by Crippen LogP contribution is 2.33. The van der Waals surface area contributed by atoms with Gasteiger partial charge in [-0.2, -0.15) is 0 Å². The van der Waals surface area contributed by atoms with Gasteiger partial charge in [0.1, 0.15) is 0 Å². The fourth-order valence-corrected chi connectivity index (χ4v) is 3.52. The molecule has 3 heterocycles. The van der Waals surface area contributed by atoms with E-state index in [0.717, 1.165) is 5.92 Å². The van der Waals surface area contributed by atoms with E-state index in [-0.39, 0.29) is 0 Å². The summed E-state index contributed by atoms with van der Waals surface area (Å²) in [5.74, 6) is 0.844. The number of benzene rings is 2. The van der Waals surface area contributed by atoms with Crippen molar-refractivity contribution in [3.63, 3.8) is 0 Å². The Hall–Kier alpha value is -1.60. The Kier molecular flexibility index (Phi) is 2.66. The fraction of sp³-hybridized carbons (Fsp3) is 0.333. The number of nitrogens with zero attached hydrogens (tertiary/aromatic N) is 1. The van der Waals surface area contributed by atoms with E-state index in [1.54, 1.807) is 5.57 Å². The molecule has 5 rings (SSSR count). The molecular formula is C18H19N. The highest BCUT2D eigenvalue weighted by molar-refractivity contribution is 5.84. The third kappa shape index (κ3) is 2.08. The van der Waals surface area contributed by atoms with Gasteiger partial charge in [-0.05, 0) is 54.3 Å². The van der Waals surface area contributed by atoms with Crippen LogP contribution >= 0.6 is 0 Å². The molecule has 1 heteroatoms. The molecule has 19 heavy (non-hydrogen) atoms. The zero-order chi connectivity index (χ0) is 12.7. The van der Waals surface area contributed by atoms with Gasteiger partial charge < -0.3 is 0 Å². The van der Waals surface area contributed by atoms with Gasteiger partial charge in [0.15, 0.2) is 0 Å². The quantitative estimate of drug-likeness (QED) is 0.739. The lowest BCUT2D eigenvalue weighted by Gasteiger charge is -2.41. The van der Waals surface area contributed by atoms with Crippen molar-refractivity contribution < 1.29 is 0 Å². The summed E-state index contributed by atoms with van der Waals surface area (Å²) in [6, 6.07) is 15.4. The van der Waals surface area contributed by atoms with Crippen LogP contribution in [0.4, 0.5) is 0 Å². The van der Waals surface area contributed by atoms with Crippen molar-refractivity contribution in [2.75, 3.05) is 19.6 Å². The van der Waals surface area contributed by atoms with Gasteiger partial charge >= 0.3 is 0 Å². The van der Waals surface area contributed by atoms with Crippen molar-refractivity contribution in [2.24, 2.45) is 5.92 Å². The molecule has 0 N–H and O–H groups in total. The predicted molar refractivity (Wildman–Crippen MR) is 81.1 cm³/mol. The molecular weight excluding hydrogens is 230 g/mol. The second-order valence-electron chi connectivity index (χ2n) is 5.88. The Balaban J connectivity index is 1.71. The van der Waals surface area contributed by atoms with E-state index in [2.05, 4.69) is 53.4 Å². The maximum Gasteiger partial charge on any atom is 0.0199 e. The Morgan fingerprint density at radius 3 is 2.47 bits per heavy atom. The smallest absolute Gasteiger partial charge is 0.0199 e. The first kappa shape index (κ1) is 11.2. The van der Waals surface area contributed by atoms with E-state index in [9.17, 15) is 0 Å². The summed E-state index contributed by atoms with van der Waals surface area (Å²) >= 11 is 0. The SMILES string of the molecule is C(=C1/CN2CCC1CC2)/c1ccc2ccccc2c1. The Morgan fingerprint density at radius 1 is 0.947 bits per heavy atom. The van der Waals surface area contributed by atoms with E-state index in [0.29, 0.717) is 0 Å². The number of hydrogen-bond acceptors (Lipinski definition) is 1. The summed E-state index contributed by atoms with van der Waals surface area (Å²) in [7, 11) is 0. The average molecular weight is 249 g/mol. The third-order valence-corrected chi connectivity index (χ3v) is 4.64. The minimum Gasteiger partial charge on any atom is -0.299 e. The molecule has 3 aliphatic rings. The molecule has 0 amide bonds. The molecule has 0 spiro atoms. The van der Waals surface area contributed by atoms with Crippen LogP contribution in [0.3, 0.4) is 0 Å². The van der Waals surface area contributed by atoms with Crippen molar-refractivity contribution in [3.8, 4) is 0 Å². The maximum atomic E-state index is 2.59. The van der Waals surface area contributed by atoms with Gasteiger partial charge in [0.05, 0.1) is 0 Å². The van der Waals surface area contributed by atoms with Crippen molar-refractivity contribution >= 4 is 16.8 Å². The van der Waals surface area contributed by atoms with E-state index >= 15 is 0 Å². The van der Waals surface area contributed by atoms with Crippen molar-refractivity contribution in [1.29, 1.82) is 0 Å². The predicted octanol–water partition coefficient (Wildman–Crippen LogP) is 3.95. The molecule has 96 valence electrons. The summed E-state index contributed by atoms with van der Waals surface area (Å²) < 4.78 is 0. The minimum absolute atomic E-state index is 0.844. The van der Waals surface area contributed by atoms with E-state index in [1.807, 2.05) is 0 Å². The maximum absolute atomic E-state index is 2.59. The zero-order valence-corrected chi connectivity index (χ0v) is 11.2. The molecule has 0 atom stereocenters.